The van der Waals surface area contributed by atoms with Gasteiger partial charge >= 0.3 is 0 Å². The minimum atomic E-state index is 0.186. The Balaban J connectivity index is 0.000000677. The van der Waals surface area contributed by atoms with Gasteiger partial charge in [-0.2, -0.15) is 0 Å². The molecule has 0 aliphatic carbocycles. The van der Waals surface area contributed by atoms with Gasteiger partial charge in [0.25, 0.3) is 0 Å². The van der Waals surface area contributed by atoms with E-state index in [1.807, 2.05) is 17.0 Å². The van der Waals surface area contributed by atoms with E-state index < -0.39 is 0 Å². The molecule has 0 atom stereocenters. The number of carbonyl (C=O) groups excluding carboxylic acids is 2. The maximum Gasteiger partial charge on any atom is 0.222 e. The van der Waals surface area contributed by atoms with Crippen molar-refractivity contribution < 1.29 is 14.7 Å². The van der Waals surface area contributed by atoms with Gasteiger partial charge in [-0.15, -0.1) is 0 Å². The van der Waals surface area contributed by atoms with Gasteiger partial charge in [0.05, 0.1) is 0 Å². The number of phenols is 1. The van der Waals surface area contributed by atoms with Crippen LogP contribution in [-0.4, -0.2) is 60.5 Å². The SMILES string of the molecule is CN1CCN(C(=O)CCc2ccccc2O)CC1.NC=O. The molecular formula is C15H23N3O3. The number of nitrogens with zero attached hydrogens (tertiary/aromatic N) is 2. The summed E-state index contributed by atoms with van der Waals surface area (Å²) in [5, 5.41) is 9.64. The number of amides is 2. The number of piperazine rings is 1. The Bertz CT molecular complexity index is 457. The number of hydrogen-bond donors (Lipinski definition) is 2. The number of rotatable bonds is 3. The van der Waals surface area contributed by atoms with Gasteiger partial charge in [-0.3, -0.25) is 9.59 Å². The fraction of sp³-hybridized carbons (Fsp3) is 0.467. The lowest BCUT2D eigenvalue weighted by molar-refractivity contribution is -0.132. The van der Waals surface area contributed by atoms with Crippen molar-refractivity contribution in [2.24, 2.45) is 5.73 Å². The van der Waals surface area contributed by atoms with Gasteiger partial charge in [0.1, 0.15) is 5.75 Å². The first kappa shape index (κ1) is 17.0. The Labute approximate surface area is 125 Å². The first-order valence-electron chi connectivity index (χ1n) is 6.97. The summed E-state index contributed by atoms with van der Waals surface area (Å²) in [6.07, 6.45) is 1.33. The first-order chi connectivity index (χ1) is 10.1. The van der Waals surface area contributed by atoms with E-state index in [1.54, 1.807) is 12.1 Å². The third-order valence-corrected chi connectivity index (χ3v) is 3.46. The molecule has 1 aliphatic rings. The highest BCUT2D eigenvalue weighted by Gasteiger charge is 2.18. The van der Waals surface area contributed by atoms with Crippen molar-refractivity contribution in [3.8, 4) is 5.75 Å². The molecule has 3 N–H and O–H groups in total. The number of benzene rings is 1. The van der Waals surface area contributed by atoms with E-state index in [4.69, 9.17) is 4.79 Å². The highest BCUT2D eigenvalue weighted by molar-refractivity contribution is 5.76. The number of aryl methyl sites for hydroxylation is 1. The van der Waals surface area contributed by atoms with Crippen molar-refractivity contribution in [1.82, 2.24) is 9.80 Å². The summed E-state index contributed by atoms with van der Waals surface area (Å²) in [6.45, 7) is 3.52. The lowest BCUT2D eigenvalue weighted by Crippen LogP contribution is -2.47. The zero-order chi connectivity index (χ0) is 15.7. The van der Waals surface area contributed by atoms with Crippen LogP contribution in [0.3, 0.4) is 0 Å². The Morgan fingerprint density at radius 2 is 1.86 bits per heavy atom. The molecule has 1 aromatic carbocycles. The summed E-state index contributed by atoms with van der Waals surface area (Å²) in [4.78, 5) is 24.7. The second-order valence-corrected chi connectivity index (χ2v) is 4.95. The number of hydrogen-bond acceptors (Lipinski definition) is 4. The number of nitrogens with two attached hydrogens (primary N) is 1. The Morgan fingerprint density at radius 1 is 1.29 bits per heavy atom. The molecule has 116 valence electrons. The van der Waals surface area contributed by atoms with Crippen molar-refractivity contribution in [3.05, 3.63) is 29.8 Å². The Kier molecular flexibility index (Phi) is 7.25. The first-order valence-corrected chi connectivity index (χ1v) is 6.97. The van der Waals surface area contributed by atoms with Crippen molar-refractivity contribution in [2.45, 2.75) is 12.8 Å². The molecule has 0 spiro atoms. The van der Waals surface area contributed by atoms with E-state index in [1.165, 1.54) is 0 Å². The van der Waals surface area contributed by atoms with Crippen LogP contribution in [0, 0.1) is 0 Å². The minimum absolute atomic E-state index is 0.186. The molecule has 1 fully saturated rings. The van der Waals surface area contributed by atoms with E-state index in [0.717, 1.165) is 31.7 Å². The average molecular weight is 293 g/mol. The molecule has 1 saturated heterocycles. The summed E-state index contributed by atoms with van der Waals surface area (Å²) < 4.78 is 0. The highest BCUT2D eigenvalue weighted by atomic mass is 16.3. The lowest BCUT2D eigenvalue weighted by Gasteiger charge is -2.32. The maximum absolute atomic E-state index is 12.0. The van der Waals surface area contributed by atoms with Crippen molar-refractivity contribution in [1.29, 1.82) is 0 Å². The van der Waals surface area contributed by atoms with Gasteiger partial charge in [0.2, 0.25) is 12.3 Å². The van der Waals surface area contributed by atoms with E-state index in [0.29, 0.717) is 12.8 Å². The predicted molar refractivity (Wildman–Crippen MR) is 80.8 cm³/mol. The highest BCUT2D eigenvalue weighted by Crippen LogP contribution is 2.17. The molecule has 0 unspecified atom stereocenters. The van der Waals surface area contributed by atoms with Crippen molar-refractivity contribution >= 4 is 12.3 Å². The summed E-state index contributed by atoms with van der Waals surface area (Å²) in [5.41, 5.74) is 5.01. The lowest BCUT2D eigenvalue weighted by atomic mass is 10.1. The third-order valence-electron chi connectivity index (χ3n) is 3.46. The average Bonchev–Trinajstić information content (AvgIpc) is 2.48. The molecule has 2 amide bonds. The molecular weight excluding hydrogens is 270 g/mol. The van der Waals surface area contributed by atoms with Crippen molar-refractivity contribution in [2.75, 3.05) is 33.2 Å². The molecule has 1 heterocycles. The van der Waals surface area contributed by atoms with Crippen LogP contribution in [-0.2, 0) is 16.0 Å². The van der Waals surface area contributed by atoms with Crippen LogP contribution in [0.1, 0.15) is 12.0 Å². The van der Waals surface area contributed by atoms with Crippen LogP contribution in [0.2, 0.25) is 0 Å². The summed E-state index contributed by atoms with van der Waals surface area (Å²) in [7, 11) is 2.07. The van der Waals surface area contributed by atoms with E-state index >= 15 is 0 Å². The van der Waals surface area contributed by atoms with Gasteiger partial charge in [0, 0.05) is 32.6 Å². The molecule has 6 heteroatoms. The molecule has 0 saturated carbocycles. The predicted octanol–water partition coefficient (Wildman–Crippen LogP) is 0.200. The van der Waals surface area contributed by atoms with Crippen LogP contribution in [0.4, 0.5) is 0 Å². The van der Waals surface area contributed by atoms with Gasteiger partial charge in [0.15, 0.2) is 0 Å². The van der Waals surface area contributed by atoms with Gasteiger partial charge in [-0.1, -0.05) is 18.2 Å². The number of likely N-dealkylation sites (N-methyl/N-ethyl adjacent to an activating group) is 1. The summed E-state index contributed by atoms with van der Waals surface area (Å²) in [6, 6.07) is 7.21. The van der Waals surface area contributed by atoms with Gasteiger partial charge in [-0.05, 0) is 25.1 Å². The fourth-order valence-corrected chi connectivity index (χ4v) is 2.18. The quantitative estimate of drug-likeness (QED) is 0.779. The van der Waals surface area contributed by atoms with Gasteiger partial charge < -0.3 is 20.6 Å². The summed E-state index contributed by atoms with van der Waals surface area (Å²) >= 11 is 0. The number of para-hydroxylation sites is 1. The van der Waals surface area contributed by atoms with Crippen LogP contribution < -0.4 is 5.73 Å². The Hall–Kier alpha value is -2.08. The maximum atomic E-state index is 12.0. The second-order valence-electron chi connectivity index (χ2n) is 4.95. The van der Waals surface area contributed by atoms with Crippen molar-refractivity contribution in [3.63, 3.8) is 0 Å². The monoisotopic (exact) mass is 293 g/mol. The van der Waals surface area contributed by atoms with Crippen LogP contribution >= 0.6 is 0 Å². The number of phenolic OH excluding ortho intramolecular Hbond substituents is 1. The molecule has 2 rings (SSSR count). The molecule has 0 radical (unpaired) electrons. The molecule has 0 aromatic heterocycles. The third kappa shape index (κ3) is 5.83. The number of primary amides is 1. The van der Waals surface area contributed by atoms with E-state index in [9.17, 15) is 9.90 Å². The smallest absolute Gasteiger partial charge is 0.222 e. The van der Waals surface area contributed by atoms with Crippen LogP contribution in [0.5, 0.6) is 5.75 Å². The molecule has 1 aliphatic heterocycles. The zero-order valence-electron chi connectivity index (χ0n) is 12.4. The van der Waals surface area contributed by atoms with Crippen LogP contribution in [0.15, 0.2) is 24.3 Å². The molecule has 0 bridgehead atoms. The van der Waals surface area contributed by atoms with E-state index in [-0.39, 0.29) is 18.1 Å². The largest absolute Gasteiger partial charge is 0.508 e. The van der Waals surface area contributed by atoms with Crippen LogP contribution in [0.25, 0.3) is 0 Å². The number of carbonyl (C=O) groups is 2. The standard InChI is InChI=1S/C14H20N2O2.CH3NO/c1-15-8-10-16(11-9-15)14(18)7-6-12-4-2-3-5-13(12)17;2-1-3/h2-5,17H,6-11H2,1H3;1H,(H2,2,3). The zero-order valence-corrected chi connectivity index (χ0v) is 12.4. The fourth-order valence-electron chi connectivity index (χ4n) is 2.18. The normalized spacial score (nSPS) is 15.0. The molecule has 1 aromatic rings. The minimum Gasteiger partial charge on any atom is -0.508 e. The molecule has 21 heavy (non-hydrogen) atoms. The van der Waals surface area contributed by atoms with E-state index in [2.05, 4.69) is 17.7 Å². The second kappa shape index (κ2) is 8.97. The summed E-state index contributed by atoms with van der Waals surface area (Å²) in [5.74, 6) is 0.468. The number of aromatic hydroxyl groups is 1. The topological polar surface area (TPSA) is 86.9 Å². The Morgan fingerprint density at radius 3 is 2.43 bits per heavy atom. The van der Waals surface area contributed by atoms with Gasteiger partial charge in [-0.25, -0.2) is 0 Å². The molecule has 6 nitrogen and oxygen atoms in total.